The summed E-state index contributed by atoms with van der Waals surface area (Å²) in [7, 11) is 0. The van der Waals surface area contributed by atoms with Crippen LogP contribution in [-0.4, -0.2) is 87.5 Å². The van der Waals surface area contributed by atoms with Gasteiger partial charge in [-0.2, -0.15) is 0 Å². The highest BCUT2D eigenvalue weighted by Crippen LogP contribution is 2.23. The lowest BCUT2D eigenvalue weighted by Crippen LogP contribution is -2.60. The van der Waals surface area contributed by atoms with Crippen molar-refractivity contribution >= 4 is 5.91 Å². The molecule has 1 amide bonds. The maximum Gasteiger partial charge on any atom is 0.220 e. The van der Waals surface area contributed by atoms with E-state index in [1.54, 1.807) is 6.08 Å². The van der Waals surface area contributed by atoms with E-state index >= 15 is 0 Å². The molecule has 1 heterocycles. The van der Waals surface area contributed by atoms with Crippen LogP contribution in [0, 0.1) is 0 Å². The Kier molecular flexibility index (Phi) is 48.2. The molecule has 410 valence electrons. The Morgan fingerprint density at radius 3 is 1.13 bits per heavy atom. The second-order valence-electron chi connectivity index (χ2n) is 21.5. The zero-order chi connectivity index (χ0) is 50.1. The Morgan fingerprint density at radius 1 is 0.478 bits per heavy atom. The minimum absolute atomic E-state index is 0.171. The van der Waals surface area contributed by atoms with Crippen LogP contribution in [0.3, 0.4) is 0 Å². The first kappa shape index (κ1) is 65.9. The number of aliphatic hydroxyl groups is 5. The van der Waals surface area contributed by atoms with Gasteiger partial charge < -0.3 is 40.3 Å². The highest BCUT2D eigenvalue weighted by molar-refractivity contribution is 5.76. The van der Waals surface area contributed by atoms with E-state index in [4.69, 9.17) is 9.47 Å². The molecular formula is C60H117NO8. The van der Waals surface area contributed by atoms with Crippen molar-refractivity contribution in [2.75, 3.05) is 13.2 Å². The van der Waals surface area contributed by atoms with Gasteiger partial charge in [0.25, 0.3) is 0 Å². The van der Waals surface area contributed by atoms with Gasteiger partial charge in [0.05, 0.1) is 25.4 Å². The number of allylic oxidation sites excluding steroid dienone is 1. The van der Waals surface area contributed by atoms with Gasteiger partial charge in [-0.3, -0.25) is 4.79 Å². The number of amides is 1. The third-order valence-electron chi connectivity index (χ3n) is 14.9. The van der Waals surface area contributed by atoms with Crippen LogP contribution in [0.4, 0.5) is 0 Å². The number of nitrogens with one attached hydrogen (secondary N) is 1. The monoisotopic (exact) mass is 980 g/mol. The van der Waals surface area contributed by atoms with Gasteiger partial charge in [0.15, 0.2) is 6.29 Å². The van der Waals surface area contributed by atoms with E-state index in [-0.39, 0.29) is 12.5 Å². The highest BCUT2D eigenvalue weighted by atomic mass is 16.7. The molecular weight excluding hydrogens is 863 g/mol. The zero-order valence-electron chi connectivity index (χ0n) is 45.6. The summed E-state index contributed by atoms with van der Waals surface area (Å²) in [5.41, 5.74) is 0. The molecule has 6 N–H and O–H groups in total. The van der Waals surface area contributed by atoms with E-state index in [0.717, 1.165) is 38.5 Å². The van der Waals surface area contributed by atoms with E-state index < -0.39 is 49.5 Å². The summed E-state index contributed by atoms with van der Waals surface area (Å²) in [4.78, 5) is 13.0. The topological polar surface area (TPSA) is 149 Å². The van der Waals surface area contributed by atoms with Crippen molar-refractivity contribution in [2.24, 2.45) is 0 Å². The third-order valence-corrected chi connectivity index (χ3v) is 14.9. The molecule has 9 nitrogen and oxygen atoms in total. The second-order valence-corrected chi connectivity index (χ2v) is 21.5. The predicted octanol–water partition coefficient (Wildman–Crippen LogP) is 15.2. The summed E-state index contributed by atoms with van der Waals surface area (Å²) >= 11 is 0. The van der Waals surface area contributed by atoms with E-state index in [0.29, 0.717) is 6.42 Å². The van der Waals surface area contributed by atoms with Crippen LogP contribution in [0.25, 0.3) is 0 Å². The van der Waals surface area contributed by atoms with Crippen LogP contribution in [0.5, 0.6) is 0 Å². The van der Waals surface area contributed by atoms with E-state index in [2.05, 4.69) is 19.2 Å². The Labute approximate surface area is 426 Å². The molecule has 0 aliphatic carbocycles. The highest BCUT2D eigenvalue weighted by Gasteiger charge is 2.44. The van der Waals surface area contributed by atoms with Crippen molar-refractivity contribution in [2.45, 2.75) is 352 Å². The summed E-state index contributed by atoms with van der Waals surface area (Å²) in [5.74, 6) is -0.171. The number of carbonyl (C=O) groups excluding carboxylic acids is 1. The summed E-state index contributed by atoms with van der Waals surface area (Å²) in [6, 6.07) is -0.799. The van der Waals surface area contributed by atoms with E-state index in [1.165, 1.54) is 250 Å². The first-order valence-corrected chi connectivity index (χ1v) is 30.4. The molecule has 0 aromatic rings. The van der Waals surface area contributed by atoms with Crippen LogP contribution in [-0.2, 0) is 14.3 Å². The first-order chi connectivity index (χ1) is 33.8. The average molecular weight is 981 g/mol. The lowest BCUT2D eigenvalue weighted by Gasteiger charge is -2.40. The fraction of sp³-hybridized carbons (Fsp3) is 0.950. The van der Waals surface area contributed by atoms with Crippen molar-refractivity contribution in [3.05, 3.63) is 12.2 Å². The molecule has 0 bridgehead atoms. The third kappa shape index (κ3) is 40.1. The normalized spacial score (nSPS) is 19.4. The number of hydrogen-bond donors (Lipinski definition) is 6. The molecule has 1 aliphatic rings. The van der Waals surface area contributed by atoms with Crippen LogP contribution >= 0.6 is 0 Å². The quantitative estimate of drug-likeness (QED) is 0.0261. The lowest BCUT2D eigenvalue weighted by molar-refractivity contribution is -0.302. The predicted molar refractivity (Wildman–Crippen MR) is 291 cm³/mol. The molecule has 0 aromatic carbocycles. The molecule has 1 fully saturated rings. The molecule has 0 aromatic heterocycles. The van der Waals surface area contributed by atoms with E-state index in [1.807, 2.05) is 6.08 Å². The molecule has 7 atom stereocenters. The number of hydrogen-bond acceptors (Lipinski definition) is 8. The van der Waals surface area contributed by atoms with Gasteiger partial charge in [0.2, 0.25) is 5.91 Å². The van der Waals surface area contributed by atoms with Gasteiger partial charge >= 0.3 is 0 Å². The Morgan fingerprint density at radius 2 is 0.797 bits per heavy atom. The summed E-state index contributed by atoms with van der Waals surface area (Å²) in [6.07, 6.45) is 56.1. The first-order valence-electron chi connectivity index (χ1n) is 30.4. The molecule has 9 heteroatoms. The minimum atomic E-state index is -1.56. The molecule has 0 saturated carbocycles. The maximum absolute atomic E-state index is 13.0. The Bertz CT molecular complexity index is 1090. The molecule has 7 unspecified atom stereocenters. The van der Waals surface area contributed by atoms with Crippen molar-refractivity contribution < 1.29 is 39.8 Å². The van der Waals surface area contributed by atoms with Crippen LogP contribution < -0.4 is 5.32 Å². The number of carbonyl (C=O) groups is 1. The molecule has 0 radical (unpaired) electrons. The van der Waals surface area contributed by atoms with Crippen LogP contribution in [0.2, 0.25) is 0 Å². The molecule has 69 heavy (non-hydrogen) atoms. The largest absolute Gasteiger partial charge is 0.394 e. The van der Waals surface area contributed by atoms with Gasteiger partial charge in [-0.15, -0.1) is 0 Å². The van der Waals surface area contributed by atoms with Gasteiger partial charge in [0, 0.05) is 6.42 Å². The Hall–Kier alpha value is -1.07. The van der Waals surface area contributed by atoms with Gasteiger partial charge in [-0.05, 0) is 19.3 Å². The summed E-state index contributed by atoms with van der Waals surface area (Å²) in [6.45, 7) is 3.79. The molecule has 1 rings (SSSR count). The summed E-state index contributed by atoms with van der Waals surface area (Å²) in [5, 5.41) is 54.3. The second kappa shape index (κ2) is 50.5. The SMILES string of the molecule is CCCCCCCCCCC/C=C/C(O)C(COC1OC(CO)C(O)C(O)C1O)NC(=O)CCCCCCCCCCCCCCCCCCCCCCCCCCCCCCCCCCCCC. The molecule has 1 aliphatic heterocycles. The van der Waals surface area contributed by atoms with Crippen molar-refractivity contribution in [3.8, 4) is 0 Å². The van der Waals surface area contributed by atoms with Gasteiger partial charge in [-0.1, -0.05) is 296 Å². The fourth-order valence-corrected chi connectivity index (χ4v) is 10.0. The minimum Gasteiger partial charge on any atom is -0.394 e. The fourth-order valence-electron chi connectivity index (χ4n) is 10.0. The molecule has 0 spiro atoms. The van der Waals surface area contributed by atoms with E-state index in [9.17, 15) is 30.3 Å². The van der Waals surface area contributed by atoms with Gasteiger partial charge in [-0.25, -0.2) is 0 Å². The van der Waals surface area contributed by atoms with Crippen molar-refractivity contribution in [3.63, 3.8) is 0 Å². The number of rotatable bonds is 53. The standard InChI is InChI=1S/C60H117NO8/c1-3-5-7-9-11-13-15-16-17-18-19-20-21-22-23-24-25-26-27-28-29-30-31-32-33-34-35-36-37-38-40-42-44-46-48-50-56(64)61-53(52-68-60-59(67)58(66)57(65)55(51-62)69-60)54(63)49-47-45-43-41-39-14-12-10-8-6-4-2/h47,49,53-55,57-60,62-63,65-67H,3-46,48,50-52H2,1-2H3,(H,61,64)/b49-47+. The number of ether oxygens (including phenoxy) is 2. The lowest BCUT2D eigenvalue weighted by atomic mass is 9.99. The zero-order valence-corrected chi connectivity index (χ0v) is 45.6. The molecule has 1 saturated heterocycles. The average Bonchev–Trinajstić information content (AvgIpc) is 3.35. The number of aliphatic hydroxyl groups excluding tert-OH is 5. The van der Waals surface area contributed by atoms with Crippen molar-refractivity contribution in [1.82, 2.24) is 5.32 Å². The Balaban J connectivity index is 2.03. The van der Waals surface area contributed by atoms with Gasteiger partial charge in [0.1, 0.15) is 24.4 Å². The maximum atomic E-state index is 13.0. The van der Waals surface area contributed by atoms with Crippen molar-refractivity contribution in [1.29, 1.82) is 0 Å². The smallest absolute Gasteiger partial charge is 0.220 e. The van der Waals surface area contributed by atoms with Crippen LogP contribution in [0.1, 0.15) is 309 Å². The number of unbranched alkanes of at least 4 members (excludes halogenated alkanes) is 43. The van der Waals surface area contributed by atoms with Crippen LogP contribution in [0.15, 0.2) is 12.2 Å². The summed E-state index contributed by atoms with van der Waals surface area (Å²) < 4.78 is 11.2.